The van der Waals surface area contributed by atoms with Crippen LogP contribution in [0.25, 0.3) is 0 Å². The largest absolute Gasteiger partial charge is 0.573 e. The van der Waals surface area contributed by atoms with Crippen LogP contribution in [-0.2, 0) is 16.6 Å². The maximum absolute atomic E-state index is 12.6. The number of nitrogens with zero attached hydrogens (tertiary/aromatic N) is 6. The van der Waals surface area contributed by atoms with E-state index >= 15 is 0 Å². The summed E-state index contributed by atoms with van der Waals surface area (Å²) in [7, 11) is 4.27. The van der Waals surface area contributed by atoms with Gasteiger partial charge in [0, 0.05) is 113 Å². The third kappa shape index (κ3) is 41.8. The summed E-state index contributed by atoms with van der Waals surface area (Å²) in [4.78, 5) is 21.0. The monoisotopic (exact) mass is 1660 g/mol. The van der Waals surface area contributed by atoms with Crippen molar-refractivity contribution in [2.45, 2.75) is 181 Å². The molecule has 12 rings (SSSR count). The van der Waals surface area contributed by atoms with E-state index in [1.165, 1.54) is 72.8 Å². The van der Waals surface area contributed by atoms with Gasteiger partial charge in [-0.1, -0.05) is 91.4 Å². The molecule has 3 unspecified atom stereocenters. The van der Waals surface area contributed by atoms with Crippen molar-refractivity contribution in [2.75, 3.05) is 60.1 Å². The molecule has 9 aromatic rings. The Bertz CT molecular complexity index is 4240. The number of aromatic nitrogens is 4. The number of likely N-dealkylation sites (N-methyl/N-ethyl adjacent to an activating group) is 1. The minimum absolute atomic E-state index is 0.174. The van der Waals surface area contributed by atoms with E-state index in [0.29, 0.717) is 35.3 Å². The Hall–Kier alpha value is -7.89. The molecule has 3 atom stereocenters. The Morgan fingerprint density at radius 3 is 1.58 bits per heavy atom. The molecular weight excluding hydrogens is 1550 g/mol. The van der Waals surface area contributed by atoms with Gasteiger partial charge in [-0.3, -0.25) is 19.9 Å². The number of pyridine rings is 4. The molecule has 5 aromatic carbocycles. The molecule has 0 radical (unpaired) electrons. The standard InChI is InChI=1S/C14H19ClO.C13H18ClNO.C12H16ClNO.C10H15N.C9H10F2O.C8H6F4O.C8H11N.C7H8ClN.C7H6F3NO/c1-10-6-13(11(2)14(15)7-10)8-12-4-3-5-16-9-12;1-10-5-12(14)7-13(6-10)16-9-11-3-4-15(2)8-11;1-9-5-10(13)7-12(6-9)15-11-3-4-14(2)8-11;1-8-5-6-9(11-7-8)10(2,3)4;1-6-3-4-7(2)8(5-6)12-9(10)11;1-5-2-6(9)4-7(3-5)13-8(10,11)12;1-6-4-7(2)9-8(3)5-6;1-5-3-7(8)6(2)9-4-5;1-5-4-6(2-3-11-5)12-7(8,9)10/h6-7,12H,3-5,8-9H2,1-2H3;5-7,11H,3-4,8-9H2,1-2H3;5-7,11H,3-4,8H2,1-2H3;5-7H,1-4H3;3-5,9H,1-2H3;2-4H,1H3;4-5H,1-3H3;3-4H,1-2H3;2-4H,1H3. The summed E-state index contributed by atoms with van der Waals surface area (Å²) in [6.45, 7) is 37.8. The van der Waals surface area contributed by atoms with Gasteiger partial charge in [0.15, 0.2) is 0 Å². The number of likely N-dealkylation sites (tertiary alicyclic amines) is 2. The van der Waals surface area contributed by atoms with Gasteiger partial charge in [0.2, 0.25) is 0 Å². The normalized spacial score (nSPS) is 15.2. The molecule has 25 heteroatoms. The van der Waals surface area contributed by atoms with Gasteiger partial charge in [-0.2, -0.15) is 8.78 Å². The summed E-state index contributed by atoms with van der Waals surface area (Å²) < 4.78 is 135. The lowest BCUT2D eigenvalue weighted by Crippen LogP contribution is -2.21. The van der Waals surface area contributed by atoms with Crippen molar-refractivity contribution < 1.29 is 67.9 Å². The highest BCUT2D eigenvalue weighted by Crippen LogP contribution is 2.31. The Kier molecular flexibility index (Phi) is 41.3. The van der Waals surface area contributed by atoms with Crippen LogP contribution in [0.1, 0.15) is 136 Å². The summed E-state index contributed by atoms with van der Waals surface area (Å²) in [5, 5.41) is 3.14. The van der Waals surface area contributed by atoms with Gasteiger partial charge in [0.05, 0.1) is 17.3 Å². The minimum Gasteiger partial charge on any atom is -0.493 e. The number of benzene rings is 5. The van der Waals surface area contributed by atoms with Gasteiger partial charge >= 0.3 is 19.3 Å². The molecule has 3 saturated heterocycles. The van der Waals surface area contributed by atoms with E-state index in [1.807, 2.05) is 109 Å². The van der Waals surface area contributed by atoms with Crippen LogP contribution in [0.3, 0.4) is 0 Å². The summed E-state index contributed by atoms with van der Waals surface area (Å²) in [6, 6.07) is 36.7. The van der Waals surface area contributed by atoms with Gasteiger partial charge in [-0.25, -0.2) is 4.39 Å². The topological polar surface area (TPSA) is 113 Å². The van der Waals surface area contributed by atoms with Crippen molar-refractivity contribution >= 4 is 46.4 Å². The van der Waals surface area contributed by atoms with Crippen LogP contribution in [0, 0.1) is 115 Å². The summed E-state index contributed by atoms with van der Waals surface area (Å²) in [5.74, 6) is 1.83. The summed E-state index contributed by atoms with van der Waals surface area (Å²) in [5.41, 5.74) is 16.7. The van der Waals surface area contributed by atoms with E-state index in [9.17, 15) is 39.5 Å². The molecule has 3 fully saturated rings. The molecule has 3 aliphatic heterocycles. The van der Waals surface area contributed by atoms with Crippen LogP contribution in [0.4, 0.5) is 39.5 Å². The van der Waals surface area contributed by atoms with E-state index in [1.54, 1.807) is 32.2 Å². The van der Waals surface area contributed by atoms with E-state index < -0.39 is 30.9 Å². The Balaban J connectivity index is 0.000000270. The first-order chi connectivity index (χ1) is 52.7. The van der Waals surface area contributed by atoms with Gasteiger partial charge in [-0.05, 0) is 308 Å². The minimum atomic E-state index is -4.78. The number of hydrogen-bond acceptors (Lipinski definition) is 12. The molecule has 12 nitrogen and oxygen atoms in total. The fourth-order valence-electron chi connectivity index (χ4n) is 11.6. The smallest absolute Gasteiger partial charge is 0.493 e. The third-order valence-corrected chi connectivity index (χ3v) is 18.2. The predicted octanol–water partition coefficient (Wildman–Crippen LogP) is 24.9. The van der Waals surface area contributed by atoms with Crippen LogP contribution in [0.5, 0.6) is 28.7 Å². The van der Waals surface area contributed by atoms with E-state index in [0.717, 1.165) is 153 Å². The highest BCUT2D eigenvalue weighted by Gasteiger charge is 2.32. The number of alkyl halides is 8. The van der Waals surface area contributed by atoms with Crippen molar-refractivity contribution in [3.05, 3.63) is 262 Å². The molecule has 618 valence electrons. The fourth-order valence-corrected chi connectivity index (χ4v) is 12.7. The lowest BCUT2D eigenvalue weighted by molar-refractivity contribution is -0.275. The molecule has 3 aliphatic rings. The maximum Gasteiger partial charge on any atom is 0.573 e. The number of halogens is 13. The van der Waals surface area contributed by atoms with Crippen molar-refractivity contribution in [1.29, 1.82) is 0 Å². The van der Waals surface area contributed by atoms with Gasteiger partial charge in [0.1, 0.15) is 40.7 Å². The molecule has 0 amide bonds. The second-order valence-corrected chi connectivity index (χ2v) is 31.3. The van der Waals surface area contributed by atoms with Crippen LogP contribution < -0.4 is 23.7 Å². The van der Waals surface area contributed by atoms with E-state index in [2.05, 4.69) is 137 Å². The zero-order chi connectivity index (χ0) is 84.5. The fraction of sp³-hybridized carbons (Fsp3) is 0.432. The van der Waals surface area contributed by atoms with Gasteiger partial charge in [0.25, 0.3) is 0 Å². The number of rotatable bonds is 11. The van der Waals surface area contributed by atoms with E-state index in [4.69, 9.17) is 60.6 Å². The first-order valence-electron chi connectivity index (χ1n) is 37.0. The third-order valence-electron chi connectivity index (χ3n) is 17.0. The van der Waals surface area contributed by atoms with Crippen molar-refractivity contribution in [2.24, 2.45) is 11.8 Å². The molecule has 0 bridgehead atoms. The lowest BCUT2D eigenvalue weighted by atomic mass is 9.91. The van der Waals surface area contributed by atoms with Gasteiger partial charge < -0.3 is 38.2 Å². The molecule has 7 heterocycles. The Morgan fingerprint density at radius 2 is 1.07 bits per heavy atom. The van der Waals surface area contributed by atoms with Crippen LogP contribution in [-0.4, -0.2) is 115 Å². The quantitative estimate of drug-likeness (QED) is 0.115. The lowest BCUT2D eigenvalue weighted by Gasteiger charge is -2.23. The zero-order valence-electron chi connectivity index (χ0n) is 68.2. The van der Waals surface area contributed by atoms with E-state index in [-0.39, 0.29) is 16.9 Å². The maximum atomic E-state index is 12.6. The predicted molar refractivity (Wildman–Crippen MR) is 439 cm³/mol. The average Bonchev–Trinajstić information content (AvgIpc) is 1.13. The van der Waals surface area contributed by atoms with Crippen molar-refractivity contribution in [1.82, 2.24) is 29.7 Å². The van der Waals surface area contributed by atoms with Crippen LogP contribution in [0.2, 0.25) is 20.1 Å². The highest BCUT2D eigenvalue weighted by molar-refractivity contribution is 6.32. The Morgan fingerprint density at radius 1 is 0.513 bits per heavy atom. The second kappa shape index (κ2) is 47.8. The first kappa shape index (κ1) is 97.5. The van der Waals surface area contributed by atoms with Crippen molar-refractivity contribution in [3.63, 3.8) is 0 Å². The van der Waals surface area contributed by atoms with Crippen LogP contribution in [0.15, 0.2) is 146 Å². The number of aryl methyl sites for hydroxylation is 13. The summed E-state index contributed by atoms with van der Waals surface area (Å²) in [6.07, 6.45) is 1.80. The second-order valence-electron chi connectivity index (χ2n) is 29.6. The number of hydrogen-bond donors (Lipinski definition) is 0. The van der Waals surface area contributed by atoms with Gasteiger partial charge in [-0.15, -0.1) is 26.3 Å². The molecule has 0 spiro atoms. The number of ether oxygens (including phenoxy) is 6. The molecule has 0 aliphatic carbocycles. The Labute approximate surface area is 683 Å². The molecule has 0 N–H and O–H groups in total. The average molecular weight is 1660 g/mol. The molecular formula is C88H109Cl4F9N6O6. The highest BCUT2D eigenvalue weighted by atomic mass is 35.5. The summed E-state index contributed by atoms with van der Waals surface area (Å²) >= 11 is 23.9. The molecule has 113 heavy (non-hydrogen) atoms. The zero-order valence-corrected chi connectivity index (χ0v) is 71.2. The molecule has 0 saturated carbocycles. The SMILES string of the molecule is Cc1cc(C)nc(C)c1.Cc1cc(Cl)c(C)c(CC2CCCOC2)c1.Cc1cc(Cl)cc(OC2CCN(C)C2)c1.Cc1cc(Cl)cc(OCC2CCN(C)C2)c1.Cc1cc(F)cc(OC(F)(F)F)c1.Cc1cc(OC(F)(F)F)ccn1.Cc1ccc(C(C)(C)C)nc1.Cc1ccc(C)c(OC(F)F)c1.Cc1cnc(C)c(Cl)c1. The van der Waals surface area contributed by atoms with Crippen molar-refractivity contribution in [3.8, 4) is 28.7 Å². The first-order valence-corrected chi connectivity index (χ1v) is 38.5. The molecule has 4 aromatic heterocycles. The van der Waals surface area contributed by atoms with Crippen LogP contribution >= 0.6 is 46.4 Å².